The van der Waals surface area contributed by atoms with Gasteiger partial charge in [-0.3, -0.25) is 19.3 Å². The summed E-state index contributed by atoms with van der Waals surface area (Å²) in [5.41, 5.74) is 1.47. The lowest BCUT2D eigenvalue weighted by Gasteiger charge is -2.25. The largest absolute Gasteiger partial charge is 0.465 e. The SMILES string of the molecule is COC(=O)c1ccc(NC(=O)COC(=O)[C@H](Cc2ccccc2)N2C(=O)[C@@H]3CC=CC[C@H]3C2=O)cc1. The highest BCUT2D eigenvalue weighted by molar-refractivity contribution is 6.08. The Morgan fingerprint density at radius 1 is 0.944 bits per heavy atom. The van der Waals surface area contributed by atoms with Gasteiger partial charge in [-0.05, 0) is 42.7 Å². The van der Waals surface area contributed by atoms with Crippen molar-refractivity contribution in [2.24, 2.45) is 11.8 Å². The van der Waals surface area contributed by atoms with Crippen LogP contribution in [-0.4, -0.2) is 54.3 Å². The number of amides is 3. The minimum Gasteiger partial charge on any atom is -0.465 e. The van der Waals surface area contributed by atoms with E-state index >= 15 is 0 Å². The summed E-state index contributed by atoms with van der Waals surface area (Å²) in [7, 11) is 1.27. The number of ether oxygens (including phenoxy) is 2. The van der Waals surface area contributed by atoms with Crippen LogP contribution in [-0.2, 0) is 35.1 Å². The summed E-state index contributed by atoms with van der Waals surface area (Å²) in [4.78, 5) is 64.3. The summed E-state index contributed by atoms with van der Waals surface area (Å²) in [6.07, 6.45) is 4.75. The Labute approximate surface area is 208 Å². The molecule has 36 heavy (non-hydrogen) atoms. The first-order chi connectivity index (χ1) is 17.4. The Morgan fingerprint density at radius 2 is 1.56 bits per heavy atom. The zero-order valence-electron chi connectivity index (χ0n) is 19.7. The van der Waals surface area contributed by atoms with Gasteiger partial charge in [-0.15, -0.1) is 0 Å². The van der Waals surface area contributed by atoms with E-state index in [0.717, 1.165) is 10.5 Å². The number of rotatable bonds is 8. The molecule has 0 radical (unpaired) electrons. The highest BCUT2D eigenvalue weighted by Crippen LogP contribution is 2.36. The molecule has 3 atom stereocenters. The molecule has 2 aliphatic rings. The number of esters is 2. The van der Waals surface area contributed by atoms with Gasteiger partial charge in [0.1, 0.15) is 6.04 Å². The second kappa shape index (κ2) is 11.0. The van der Waals surface area contributed by atoms with E-state index in [4.69, 9.17) is 4.74 Å². The second-order valence-electron chi connectivity index (χ2n) is 8.63. The Balaban J connectivity index is 1.44. The molecular formula is C27H26N2O7. The zero-order valence-corrected chi connectivity index (χ0v) is 19.7. The lowest BCUT2D eigenvalue weighted by Crippen LogP contribution is -2.48. The van der Waals surface area contributed by atoms with Gasteiger partial charge < -0.3 is 14.8 Å². The van der Waals surface area contributed by atoms with Gasteiger partial charge in [0, 0.05) is 12.1 Å². The van der Waals surface area contributed by atoms with Crippen molar-refractivity contribution in [1.82, 2.24) is 4.90 Å². The van der Waals surface area contributed by atoms with Crippen LogP contribution in [0.3, 0.4) is 0 Å². The number of carbonyl (C=O) groups excluding carboxylic acids is 5. The van der Waals surface area contributed by atoms with Crippen molar-refractivity contribution < 1.29 is 33.4 Å². The zero-order chi connectivity index (χ0) is 25.7. The summed E-state index contributed by atoms with van der Waals surface area (Å²) >= 11 is 0. The van der Waals surface area contributed by atoms with Gasteiger partial charge in [-0.2, -0.15) is 0 Å². The molecule has 0 bridgehead atoms. The van der Waals surface area contributed by atoms with Crippen LogP contribution in [0.25, 0.3) is 0 Å². The summed E-state index contributed by atoms with van der Waals surface area (Å²) in [6.45, 7) is -0.604. The molecule has 9 nitrogen and oxygen atoms in total. The number of methoxy groups -OCH3 is 1. The number of hydrogen-bond donors (Lipinski definition) is 1. The lowest BCUT2D eigenvalue weighted by molar-refractivity contribution is -0.159. The van der Waals surface area contributed by atoms with Crippen LogP contribution in [0.1, 0.15) is 28.8 Å². The van der Waals surface area contributed by atoms with Crippen LogP contribution in [0.2, 0.25) is 0 Å². The van der Waals surface area contributed by atoms with Gasteiger partial charge >= 0.3 is 11.9 Å². The van der Waals surface area contributed by atoms with Crippen LogP contribution < -0.4 is 5.32 Å². The molecule has 3 amide bonds. The summed E-state index contributed by atoms with van der Waals surface area (Å²) in [5.74, 6) is -3.68. The third kappa shape index (κ3) is 5.35. The smallest absolute Gasteiger partial charge is 0.337 e. The maximum Gasteiger partial charge on any atom is 0.337 e. The normalized spacial score (nSPS) is 19.4. The molecule has 0 unspecified atom stereocenters. The van der Waals surface area contributed by atoms with E-state index in [1.54, 1.807) is 24.3 Å². The summed E-state index contributed by atoms with van der Waals surface area (Å²) in [5, 5.41) is 2.57. The first-order valence-corrected chi connectivity index (χ1v) is 11.6. The molecule has 0 saturated carbocycles. The molecule has 4 rings (SSSR count). The van der Waals surface area contributed by atoms with Crippen LogP contribution in [0, 0.1) is 11.8 Å². The number of anilines is 1. The van der Waals surface area contributed by atoms with E-state index in [1.165, 1.54) is 31.4 Å². The van der Waals surface area contributed by atoms with Crippen molar-refractivity contribution in [3.05, 3.63) is 77.9 Å². The van der Waals surface area contributed by atoms with Crippen molar-refractivity contribution in [3.8, 4) is 0 Å². The maximum atomic E-state index is 13.1. The second-order valence-corrected chi connectivity index (χ2v) is 8.63. The molecule has 1 saturated heterocycles. The molecule has 1 aliphatic carbocycles. The molecule has 1 N–H and O–H groups in total. The van der Waals surface area contributed by atoms with Gasteiger partial charge in [0.05, 0.1) is 24.5 Å². The number of carbonyl (C=O) groups is 5. The Kier molecular flexibility index (Phi) is 7.58. The van der Waals surface area contributed by atoms with Crippen molar-refractivity contribution in [2.75, 3.05) is 19.0 Å². The van der Waals surface area contributed by atoms with E-state index in [-0.39, 0.29) is 18.2 Å². The average molecular weight is 491 g/mol. The number of benzene rings is 2. The first-order valence-electron chi connectivity index (χ1n) is 11.6. The molecule has 2 aromatic rings. The molecule has 1 aliphatic heterocycles. The standard InChI is InChI=1S/C27H26N2O7/c1-35-26(33)18-11-13-19(14-12-18)28-23(30)16-36-27(34)22(15-17-7-3-2-4-8-17)29-24(31)20-9-5-6-10-21(20)25(29)32/h2-8,11-14,20-22H,9-10,15-16H2,1H3,(H,28,30)/t20-,21-,22+/m1/s1. The molecular weight excluding hydrogens is 464 g/mol. The first kappa shape index (κ1) is 24.8. The molecule has 2 aromatic carbocycles. The number of likely N-dealkylation sites (tertiary alicyclic amines) is 1. The van der Waals surface area contributed by atoms with Crippen molar-refractivity contribution >= 4 is 35.3 Å². The molecule has 9 heteroatoms. The quantitative estimate of drug-likeness (QED) is 0.343. The molecule has 186 valence electrons. The fourth-order valence-corrected chi connectivity index (χ4v) is 4.49. The minimum absolute atomic E-state index is 0.0840. The van der Waals surface area contributed by atoms with E-state index in [9.17, 15) is 24.0 Å². The Bertz CT molecular complexity index is 1160. The van der Waals surface area contributed by atoms with E-state index in [1.807, 2.05) is 18.2 Å². The van der Waals surface area contributed by atoms with Crippen LogP contribution in [0.15, 0.2) is 66.7 Å². The number of nitrogens with one attached hydrogen (secondary N) is 1. The van der Waals surface area contributed by atoms with Crippen molar-refractivity contribution in [2.45, 2.75) is 25.3 Å². The summed E-state index contributed by atoms with van der Waals surface area (Å²) < 4.78 is 9.90. The van der Waals surface area contributed by atoms with E-state index < -0.39 is 42.3 Å². The molecule has 1 fully saturated rings. The third-order valence-corrected chi connectivity index (χ3v) is 6.33. The van der Waals surface area contributed by atoms with Crippen molar-refractivity contribution in [1.29, 1.82) is 0 Å². The minimum atomic E-state index is -1.18. The van der Waals surface area contributed by atoms with Crippen LogP contribution >= 0.6 is 0 Å². The van der Waals surface area contributed by atoms with Crippen LogP contribution in [0.4, 0.5) is 5.69 Å². The van der Waals surface area contributed by atoms with E-state index in [2.05, 4.69) is 10.1 Å². The van der Waals surface area contributed by atoms with Gasteiger partial charge in [-0.1, -0.05) is 42.5 Å². The fourth-order valence-electron chi connectivity index (χ4n) is 4.49. The number of imide groups is 1. The molecule has 0 aromatic heterocycles. The third-order valence-electron chi connectivity index (χ3n) is 6.33. The molecule has 1 heterocycles. The van der Waals surface area contributed by atoms with Gasteiger partial charge in [0.2, 0.25) is 11.8 Å². The van der Waals surface area contributed by atoms with Gasteiger partial charge in [0.15, 0.2) is 6.61 Å². The monoisotopic (exact) mass is 490 g/mol. The predicted molar refractivity (Wildman–Crippen MR) is 129 cm³/mol. The summed E-state index contributed by atoms with van der Waals surface area (Å²) in [6, 6.07) is 13.8. The Morgan fingerprint density at radius 3 is 2.14 bits per heavy atom. The van der Waals surface area contributed by atoms with Crippen LogP contribution in [0.5, 0.6) is 0 Å². The van der Waals surface area contributed by atoms with E-state index in [0.29, 0.717) is 24.1 Å². The Hall–Kier alpha value is -4.27. The highest BCUT2D eigenvalue weighted by atomic mass is 16.5. The predicted octanol–water partition coefficient (Wildman–Crippen LogP) is 2.52. The average Bonchev–Trinajstić information content (AvgIpc) is 3.16. The fraction of sp³-hybridized carbons (Fsp3) is 0.296. The van der Waals surface area contributed by atoms with Crippen molar-refractivity contribution in [3.63, 3.8) is 0 Å². The van der Waals surface area contributed by atoms with Gasteiger partial charge in [0.25, 0.3) is 5.91 Å². The van der Waals surface area contributed by atoms with Gasteiger partial charge in [-0.25, -0.2) is 9.59 Å². The number of hydrogen-bond acceptors (Lipinski definition) is 7. The maximum absolute atomic E-state index is 13.1. The molecule has 0 spiro atoms. The lowest BCUT2D eigenvalue weighted by atomic mass is 9.85. The highest BCUT2D eigenvalue weighted by Gasteiger charge is 2.51. The number of nitrogens with zero attached hydrogens (tertiary/aromatic N) is 1. The number of fused-ring (bicyclic) bond motifs is 1. The topological polar surface area (TPSA) is 119 Å². The number of allylic oxidation sites excluding steroid dienone is 2.